The molecule has 0 aliphatic carbocycles. The molecule has 0 amide bonds. The summed E-state index contributed by atoms with van der Waals surface area (Å²) in [6.45, 7) is -0.120. The average molecular weight is 283 g/mol. The number of anilines is 2. The van der Waals surface area contributed by atoms with Crippen LogP contribution < -0.4 is 9.64 Å². The van der Waals surface area contributed by atoms with Gasteiger partial charge in [-0.25, -0.2) is 0 Å². The molecule has 0 bridgehead atoms. The first-order chi connectivity index (χ1) is 10.2. The Hall–Kier alpha value is -2.46. The minimum Gasteiger partial charge on any atom is -0.497 e. The van der Waals surface area contributed by atoms with E-state index >= 15 is 0 Å². The molecular formula is C17H17NO3. The first-order valence-electron chi connectivity index (χ1n) is 6.73. The predicted molar refractivity (Wildman–Crippen MR) is 83.2 cm³/mol. The maximum Gasteiger partial charge on any atom is 0.158 e. The van der Waals surface area contributed by atoms with E-state index in [1.807, 2.05) is 60.5 Å². The van der Waals surface area contributed by atoms with Crippen molar-refractivity contribution < 1.29 is 14.3 Å². The number of hydrogen-bond acceptors (Lipinski definition) is 4. The normalized spacial score (nSPS) is 10.8. The number of aliphatic hydroxyl groups is 1. The maximum absolute atomic E-state index is 9.27. The van der Waals surface area contributed by atoms with E-state index in [1.165, 1.54) is 0 Å². The molecule has 0 aliphatic rings. The summed E-state index contributed by atoms with van der Waals surface area (Å²) in [5.74, 6) is 1.30. The van der Waals surface area contributed by atoms with Crippen LogP contribution in [0.25, 0.3) is 11.0 Å². The molecule has 3 aromatic rings. The molecule has 3 rings (SSSR count). The second kappa shape index (κ2) is 5.50. The van der Waals surface area contributed by atoms with Crippen LogP contribution in [0.1, 0.15) is 5.76 Å². The fraction of sp³-hybridized carbons (Fsp3) is 0.176. The zero-order chi connectivity index (χ0) is 14.8. The summed E-state index contributed by atoms with van der Waals surface area (Å²) in [5.41, 5.74) is 2.69. The van der Waals surface area contributed by atoms with Crippen LogP contribution in [0.3, 0.4) is 0 Å². The summed E-state index contributed by atoms with van der Waals surface area (Å²) in [6, 6.07) is 15.7. The molecular weight excluding hydrogens is 266 g/mol. The van der Waals surface area contributed by atoms with Crippen LogP contribution in [0.2, 0.25) is 0 Å². The van der Waals surface area contributed by atoms with E-state index < -0.39 is 0 Å². The monoisotopic (exact) mass is 283 g/mol. The zero-order valence-corrected chi connectivity index (χ0v) is 12.0. The van der Waals surface area contributed by atoms with Crippen LogP contribution in [0.4, 0.5) is 11.4 Å². The predicted octanol–water partition coefficient (Wildman–Crippen LogP) is 3.70. The number of furan rings is 1. The van der Waals surface area contributed by atoms with Gasteiger partial charge in [-0.2, -0.15) is 0 Å². The van der Waals surface area contributed by atoms with Crippen LogP contribution in [-0.4, -0.2) is 19.3 Å². The van der Waals surface area contributed by atoms with E-state index in [4.69, 9.17) is 9.15 Å². The summed E-state index contributed by atoms with van der Waals surface area (Å²) < 4.78 is 11.1. The number of rotatable bonds is 4. The van der Waals surface area contributed by atoms with Crippen LogP contribution in [0.5, 0.6) is 5.75 Å². The Labute approximate surface area is 123 Å². The second-order valence-corrected chi connectivity index (χ2v) is 4.83. The van der Waals surface area contributed by atoms with Gasteiger partial charge >= 0.3 is 0 Å². The van der Waals surface area contributed by atoms with Crippen LogP contribution in [0, 0.1) is 0 Å². The van der Waals surface area contributed by atoms with Gasteiger partial charge in [0, 0.05) is 24.2 Å². The van der Waals surface area contributed by atoms with Gasteiger partial charge in [0.25, 0.3) is 0 Å². The van der Waals surface area contributed by atoms with E-state index in [1.54, 1.807) is 7.11 Å². The van der Waals surface area contributed by atoms with Crippen molar-refractivity contribution in [3.63, 3.8) is 0 Å². The van der Waals surface area contributed by atoms with E-state index in [9.17, 15) is 5.11 Å². The third kappa shape index (κ3) is 2.45. The minimum absolute atomic E-state index is 0.120. The Morgan fingerprint density at radius 3 is 2.57 bits per heavy atom. The number of aliphatic hydroxyl groups excluding tert-OH is 1. The van der Waals surface area contributed by atoms with E-state index in [2.05, 4.69) is 0 Å². The van der Waals surface area contributed by atoms with Crippen molar-refractivity contribution >= 4 is 22.3 Å². The molecule has 0 fully saturated rings. The zero-order valence-electron chi connectivity index (χ0n) is 12.0. The summed E-state index contributed by atoms with van der Waals surface area (Å²) in [4.78, 5) is 2.04. The van der Waals surface area contributed by atoms with Gasteiger partial charge in [0.15, 0.2) is 5.58 Å². The van der Waals surface area contributed by atoms with Crippen LogP contribution in [-0.2, 0) is 6.61 Å². The van der Waals surface area contributed by atoms with Crippen molar-refractivity contribution in [1.29, 1.82) is 0 Å². The minimum atomic E-state index is -0.120. The van der Waals surface area contributed by atoms with Crippen molar-refractivity contribution in [1.82, 2.24) is 0 Å². The number of benzene rings is 2. The Kier molecular flexibility index (Phi) is 3.54. The van der Waals surface area contributed by atoms with Gasteiger partial charge in [-0.15, -0.1) is 0 Å². The summed E-state index contributed by atoms with van der Waals surface area (Å²) in [6.07, 6.45) is 0. The third-order valence-electron chi connectivity index (χ3n) is 3.52. The molecule has 4 nitrogen and oxygen atoms in total. The number of fused-ring (bicyclic) bond motifs is 1. The quantitative estimate of drug-likeness (QED) is 0.793. The lowest BCUT2D eigenvalue weighted by Crippen LogP contribution is -2.09. The van der Waals surface area contributed by atoms with Gasteiger partial charge in [-0.05, 0) is 24.3 Å². The number of para-hydroxylation sites is 1. The SMILES string of the molecule is COc1cc(N(C)c2ccccc2)c2oc(CO)cc2c1. The van der Waals surface area contributed by atoms with Gasteiger partial charge in [-0.1, -0.05) is 18.2 Å². The molecule has 0 saturated heterocycles. The van der Waals surface area contributed by atoms with Crippen LogP contribution in [0.15, 0.2) is 52.9 Å². The Morgan fingerprint density at radius 2 is 1.90 bits per heavy atom. The Balaban J connectivity index is 2.17. The molecule has 4 heteroatoms. The lowest BCUT2D eigenvalue weighted by molar-refractivity contribution is 0.251. The standard InChI is InChI=1S/C17H17NO3/c1-18(13-6-4-3-5-7-13)16-10-14(20-2)8-12-9-15(11-19)21-17(12)16/h3-10,19H,11H2,1-2H3. The Morgan fingerprint density at radius 1 is 1.14 bits per heavy atom. The molecule has 0 unspecified atom stereocenters. The average Bonchev–Trinajstić information content (AvgIpc) is 2.97. The highest BCUT2D eigenvalue weighted by molar-refractivity contribution is 5.93. The first-order valence-corrected chi connectivity index (χ1v) is 6.73. The number of methoxy groups -OCH3 is 1. The molecule has 1 aromatic heterocycles. The number of hydrogen-bond donors (Lipinski definition) is 1. The van der Waals surface area contributed by atoms with Gasteiger partial charge in [-0.3, -0.25) is 0 Å². The highest BCUT2D eigenvalue weighted by Gasteiger charge is 2.15. The number of nitrogens with zero attached hydrogens (tertiary/aromatic N) is 1. The van der Waals surface area contributed by atoms with E-state index in [0.717, 1.165) is 28.1 Å². The molecule has 0 radical (unpaired) electrons. The van der Waals surface area contributed by atoms with Crippen molar-refractivity contribution in [2.75, 3.05) is 19.1 Å². The molecule has 0 spiro atoms. The smallest absolute Gasteiger partial charge is 0.158 e. The maximum atomic E-state index is 9.27. The van der Waals surface area contributed by atoms with Crippen molar-refractivity contribution in [2.24, 2.45) is 0 Å². The lowest BCUT2D eigenvalue weighted by atomic mass is 10.2. The van der Waals surface area contributed by atoms with Crippen molar-refractivity contribution in [2.45, 2.75) is 6.61 Å². The lowest BCUT2D eigenvalue weighted by Gasteiger charge is -2.20. The first kappa shape index (κ1) is 13.5. The highest BCUT2D eigenvalue weighted by atomic mass is 16.5. The molecule has 108 valence electrons. The molecule has 1 N–H and O–H groups in total. The molecule has 1 heterocycles. The summed E-state index contributed by atoms with van der Waals surface area (Å²) in [5, 5.41) is 10.2. The summed E-state index contributed by atoms with van der Waals surface area (Å²) >= 11 is 0. The van der Waals surface area contributed by atoms with Gasteiger partial charge in [0.2, 0.25) is 0 Å². The van der Waals surface area contributed by atoms with E-state index in [0.29, 0.717) is 5.76 Å². The Bertz CT molecular complexity index is 749. The topological polar surface area (TPSA) is 45.8 Å². The molecule has 0 aliphatic heterocycles. The van der Waals surface area contributed by atoms with Crippen LogP contribution >= 0.6 is 0 Å². The molecule has 0 atom stereocenters. The summed E-state index contributed by atoms with van der Waals surface area (Å²) in [7, 11) is 3.62. The van der Waals surface area contributed by atoms with Gasteiger partial charge in [0.05, 0.1) is 12.8 Å². The van der Waals surface area contributed by atoms with E-state index in [-0.39, 0.29) is 6.61 Å². The second-order valence-electron chi connectivity index (χ2n) is 4.83. The fourth-order valence-electron chi connectivity index (χ4n) is 2.40. The largest absolute Gasteiger partial charge is 0.497 e. The fourth-order valence-corrected chi connectivity index (χ4v) is 2.40. The van der Waals surface area contributed by atoms with Crippen molar-refractivity contribution in [3.05, 3.63) is 54.3 Å². The highest BCUT2D eigenvalue weighted by Crippen LogP contribution is 2.36. The molecule has 2 aromatic carbocycles. The molecule has 0 saturated carbocycles. The van der Waals surface area contributed by atoms with Gasteiger partial charge < -0.3 is 19.2 Å². The van der Waals surface area contributed by atoms with Crippen molar-refractivity contribution in [3.8, 4) is 5.75 Å². The molecule has 21 heavy (non-hydrogen) atoms. The number of ether oxygens (including phenoxy) is 1. The third-order valence-corrected chi connectivity index (χ3v) is 3.52. The van der Waals surface area contributed by atoms with Gasteiger partial charge in [0.1, 0.15) is 18.1 Å².